The maximum atomic E-state index is 12.5. The number of halogens is 1. The molecule has 162 valence electrons. The average molecular weight is 512 g/mol. The molecular formula is C23H37IN4O. The highest BCUT2D eigenvalue weighted by Crippen LogP contribution is 2.28. The highest BCUT2D eigenvalue weighted by molar-refractivity contribution is 14.0. The lowest BCUT2D eigenvalue weighted by atomic mass is 9.80. The number of hydrogen-bond donors (Lipinski definition) is 2. The van der Waals surface area contributed by atoms with Crippen LogP contribution in [-0.2, 0) is 17.9 Å². The Labute approximate surface area is 193 Å². The summed E-state index contributed by atoms with van der Waals surface area (Å²) in [6.07, 6.45) is 5.11. The highest BCUT2D eigenvalue weighted by atomic mass is 127. The Hall–Kier alpha value is -1.31. The molecular weight excluding hydrogens is 475 g/mol. The van der Waals surface area contributed by atoms with Gasteiger partial charge in [0.25, 0.3) is 0 Å². The van der Waals surface area contributed by atoms with Gasteiger partial charge in [-0.15, -0.1) is 24.0 Å². The minimum Gasteiger partial charge on any atom is -0.357 e. The van der Waals surface area contributed by atoms with E-state index in [1.165, 1.54) is 30.4 Å². The largest absolute Gasteiger partial charge is 0.357 e. The van der Waals surface area contributed by atoms with Gasteiger partial charge < -0.3 is 15.5 Å². The number of guanidine groups is 1. The molecule has 0 radical (unpaired) electrons. The molecule has 1 aromatic carbocycles. The number of rotatable bonds is 6. The summed E-state index contributed by atoms with van der Waals surface area (Å²) >= 11 is 0. The molecule has 2 atom stereocenters. The molecule has 0 aromatic heterocycles. The molecule has 0 bridgehead atoms. The molecule has 3 rings (SSSR count). The van der Waals surface area contributed by atoms with E-state index in [4.69, 9.17) is 4.99 Å². The van der Waals surface area contributed by atoms with Crippen molar-refractivity contribution in [1.82, 2.24) is 15.5 Å². The molecule has 5 nitrogen and oxygen atoms in total. The number of nitrogens with zero attached hydrogens (tertiary/aromatic N) is 2. The first kappa shape index (κ1) is 24.0. The Balaban J connectivity index is 0.00000300. The van der Waals surface area contributed by atoms with E-state index in [1.54, 1.807) is 0 Å². The van der Waals surface area contributed by atoms with E-state index in [9.17, 15) is 4.79 Å². The van der Waals surface area contributed by atoms with Crippen LogP contribution in [-0.4, -0.2) is 35.9 Å². The lowest BCUT2D eigenvalue weighted by Crippen LogP contribution is -2.46. The van der Waals surface area contributed by atoms with E-state index in [0.717, 1.165) is 43.9 Å². The van der Waals surface area contributed by atoms with Crippen molar-refractivity contribution >= 4 is 35.8 Å². The number of fused-ring (bicyclic) bond motifs is 1. The minimum atomic E-state index is 0. The molecule has 1 aromatic rings. The summed E-state index contributed by atoms with van der Waals surface area (Å²) in [5.41, 5.74) is 2.56. The molecule has 2 aliphatic rings. The summed E-state index contributed by atoms with van der Waals surface area (Å²) in [4.78, 5) is 19.2. The van der Waals surface area contributed by atoms with E-state index in [2.05, 4.69) is 43.5 Å². The molecule has 6 heteroatoms. The summed E-state index contributed by atoms with van der Waals surface area (Å²) in [6.45, 7) is 9.82. The van der Waals surface area contributed by atoms with Gasteiger partial charge in [0.1, 0.15) is 0 Å². The van der Waals surface area contributed by atoms with Crippen molar-refractivity contribution in [3.63, 3.8) is 0 Å². The third kappa shape index (κ3) is 7.15. The summed E-state index contributed by atoms with van der Waals surface area (Å²) in [5.74, 6) is 2.67. The third-order valence-corrected chi connectivity index (χ3v) is 5.88. The molecule has 2 unspecified atom stereocenters. The zero-order valence-electron chi connectivity index (χ0n) is 18.1. The number of amides is 1. The van der Waals surface area contributed by atoms with Crippen LogP contribution in [0.15, 0.2) is 29.3 Å². The first-order valence-corrected chi connectivity index (χ1v) is 10.9. The zero-order chi connectivity index (χ0) is 19.9. The molecule has 1 saturated carbocycles. The second-order valence-corrected chi connectivity index (χ2v) is 8.64. The summed E-state index contributed by atoms with van der Waals surface area (Å²) in [5, 5.41) is 6.97. The van der Waals surface area contributed by atoms with Crippen LogP contribution in [0.4, 0.5) is 0 Å². The van der Waals surface area contributed by atoms with Crippen LogP contribution < -0.4 is 10.6 Å². The molecule has 1 aliphatic heterocycles. The monoisotopic (exact) mass is 512 g/mol. The van der Waals surface area contributed by atoms with Crippen LogP contribution in [0.25, 0.3) is 0 Å². The Kier molecular flexibility index (Phi) is 9.72. The van der Waals surface area contributed by atoms with Gasteiger partial charge in [0.2, 0.25) is 5.91 Å². The second-order valence-electron chi connectivity index (χ2n) is 8.64. The fourth-order valence-corrected chi connectivity index (χ4v) is 4.67. The molecule has 2 N–H and O–H groups in total. The number of benzene rings is 1. The topological polar surface area (TPSA) is 56.7 Å². The summed E-state index contributed by atoms with van der Waals surface area (Å²) in [6, 6.07) is 8.83. The molecule has 1 amide bonds. The maximum Gasteiger partial charge on any atom is 0.223 e. The van der Waals surface area contributed by atoms with Crippen LogP contribution in [0, 0.1) is 11.8 Å². The molecule has 1 heterocycles. The van der Waals surface area contributed by atoms with Crippen LogP contribution in [0.2, 0.25) is 0 Å². The fourth-order valence-electron chi connectivity index (χ4n) is 4.67. The van der Waals surface area contributed by atoms with Gasteiger partial charge in [0.05, 0.1) is 0 Å². The van der Waals surface area contributed by atoms with E-state index in [1.807, 2.05) is 17.0 Å². The smallest absolute Gasteiger partial charge is 0.223 e. The maximum absolute atomic E-state index is 12.5. The molecule has 0 spiro atoms. The number of carbonyl (C=O) groups is 1. The Morgan fingerprint density at radius 2 is 1.72 bits per heavy atom. The zero-order valence-corrected chi connectivity index (χ0v) is 20.4. The number of carbonyl (C=O) groups excluding carboxylic acids is 1. The Morgan fingerprint density at radius 3 is 2.31 bits per heavy atom. The Morgan fingerprint density at radius 1 is 1.10 bits per heavy atom. The van der Waals surface area contributed by atoms with Gasteiger partial charge in [-0.3, -0.25) is 9.79 Å². The predicted molar refractivity (Wildman–Crippen MR) is 130 cm³/mol. The van der Waals surface area contributed by atoms with Crippen molar-refractivity contribution in [1.29, 1.82) is 0 Å². The molecule has 0 saturated heterocycles. The average Bonchev–Trinajstić information content (AvgIpc) is 3.08. The minimum absolute atomic E-state index is 0. The van der Waals surface area contributed by atoms with Crippen molar-refractivity contribution in [3.8, 4) is 0 Å². The predicted octanol–water partition coefficient (Wildman–Crippen LogP) is 4.31. The SMILES string of the molecule is CCNC(=NCCCC(=O)N1Cc2ccccc2C1)NC1CC(C)CC(C)C1.I. The van der Waals surface area contributed by atoms with Gasteiger partial charge in [0.15, 0.2) is 5.96 Å². The van der Waals surface area contributed by atoms with Crippen molar-refractivity contribution in [2.45, 2.75) is 72.0 Å². The molecule has 29 heavy (non-hydrogen) atoms. The summed E-state index contributed by atoms with van der Waals surface area (Å²) < 4.78 is 0. The molecule has 1 aliphatic carbocycles. The van der Waals surface area contributed by atoms with Gasteiger partial charge in [0, 0.05) is 38.6 Å². The van der Waals surface area contributed by atoms with Gasteiger partial charge in [-0.25, -0.2) is 0 Å². The van der Waals surface area contributed by atoms with Crippen LogP contribution >= 0.6 is 24.0 Å². The first-order chi connectivity index (χ1) is 13.5. The highest BCUT2D eigenvalue weighted by Gasteiger charge is 2.25. The normalized spacial score (nSPS) is 23.9. The number of hydrogen-bond acceptors (Lipinski definition) is 2. The second kappa shape index (κ2) is 11.8. The Bertz CT molecular complexity index is 658. The third-order valence-electron chi connectivity index (χ3n) is 5.88. The molecule has 1 fully saturated rings. The van der Waals surface area contributed by atoms with E-state index < -0.39 is 0 Å². The summed E-state index contributed by atoms with van der Waals surface area (Å²) in [7, 11) is 0. The van der Waals surface area contributed by atoms with Gasteiger partial charge >= 0.3 is 0 Å². The first-order valence-electron chi connectivity index (χ1n) is 10.9. The van der Waals surface area contributed by atoms with Crippen LogP contribution in [0.5, 0.6) is 0 Å². The van der Waals surface area contributed by atoms with Gasteiger partial charge in [-0.2, -0.15) is 0 Å². The lowest BCUT2D eigenvalue weighted by molar-refractivity contribution is -0.131. The van der Waals surface area contributed by atoms with Crippen molar-refractivity contribution in [3.05, 3.63) is 35.4 Å². The van der Waals surface area contributed by atoms with Crippen molar-refractivity contribution in [2.24, 2.45) is 16.8 Å². The van der Waals surface area contributed by atoms with Crippen molar-refractivity contribution < 1.29 is 4.79 Å². The van der Waals surface area contributed by atoms with E-state index >= 15 is 0 Å². The number of aliphatic imine (C=N–C) groups is 1. The quantitative estimate of drug-likeness (QED) is 0.259. The van der Waals surface area contributed by atoms with E-state index in [0.29, 0.717) is 19.0 Å². The van der Waals surface area contributed by atoms with Crippen LogP contribution in [0.1, 0.15) is 64.0 Å². The van der Waals surface area contributed by atoms with Crippen molar-refractivity contribution in [2.75, 3.05) is 13.1 Å². The van der Waals surface area contributed by atoms with E-state index in [-0.39, 0.29) is 29.9 Å². The van der Waals surface area contributed by atoms with Gasteiger partial charge in [-0.05, 0) is 55.6 Å². The van der Waals surface area contributed by atoms with Crippen LogP contribution in [0.3, 0.4) is 0 Å². The standard InChI is InChI=1S/C23H36N4O.HI/c1-4-24-23(26-21-13-17(2)12-18(3)14-21)25-11-7-10-22(28)27-15-19-8-5-6-9-20(19)16-27;/h5-6,8-9,17-18,21H,4,7,10-16H2,1-3H3,(H2,24,25,26);1H. The number of nitrogens with one attached hydrogen (secondary N) is 2. The van der Waals surface area contributed by atoms with Gasteiger partial charge in [-0.1, -0.05) is 38.1 Å². The fraction of sp³-hybridized carbons (Fsp3) is 0.652. The lowest BCUT2D eigenvalue weighted by Gasteiger charge is -2.32.